The highest BCUT2D eigenvalue weighted by Crippen LogP contribution is 2.27. The number of rotatable bonds is 4. The first-order chi connectivity index (χ1) is 15.7. The molecule has 0 saturated carbocycles. The summed E-state index contributed by atoms with van der Waals surface area (Å²) in [5, 5.41) is 0. The van der Waals surface area contributed by atoms with E-state index in [1.165, 1.54) is 6.07 Å². The summed E-state index contributed by atoms with van der Waals surface area (Å²) in [6.07, 6.45) is 1.80. The number of ether oxygens (including phenoxy) is 1. The van der Waals surface area contributed by atoms with E-state index in [0.717, 1.165) is 43.9 Å². The zero-order valence-electron chi connectivity index (χ0n) is 17.6. The average molecular weight is 438 g/mol. The molecule has 0 aliphatic carbocycles. The Hall–Kier alpha value is -3.33. The van der Waals surface area contributed by atoms with Gasteiger partial charge >= 0.3 is 0 Å². The first-order valence-electron chi connectivity index (χ1n) is 10.8. The molecule has 9 heteroatoms. The van der Waals surface area contributed by atoms with Crippen LogP contribution in [0, 0.1) is 11.6 Å². The van der Waals surface area contributed by atoms with Crippen molar-refractivity contribution in [3.63, 3.8) is 0 Å². The molecule has 2 aliphatic heterocycles. The normalized spacial score (nSPS) is 17.0. The quantitative estimate of drug-likeness (QED) is 0.621. The molecule has 166 valence electrons. The lowest BCUT2D eigenvalue weighted by Crippen LogP contribution is -2.47. The van der Waals surface area contributed by atoms with E-state index in [4.69, 9.17) is 9.72 Å². The van der Waals surface area contributed by atoms with Gasteiger partial charge in [0, 0.05) is 57.1 Å². The summed E-state index contributed by atoms with van der Waals surface area (Å²) in [5.41, 5.74) is 1.09. The monoisotopic (exact) mass is 438 g/mol. The van der Waals surface area contributed by atoms with E-state index in [2.05, 4.69) is 24.7 Å². The van der Waals surface area contributed by atoms with E-state index in [1.54, 1.807) is 12.3 Å². The minimum atomic E-state index is -0.889. The number of benzene rings is 1. The van der Waals surface area contributed by atoms with Crippen molar-refractivity contribution in [2.24, 2.45) is 0 Å². The number of pyridine rings is 1. The smallest absolute Gasteiger partial charge is 0.228 e. The van der Waals surface area contributed by atoms with Crippen molar-refractivity contribution in [3.8, 4) is 11.3 Å². The van der Waals surface area contributed by atoms with E-state index in [1.807, 2.05) is 24.3 Å². The second-order valence-corrected chi connectivity index (χ2v) is 7.80. The zero-order chi connectivity index (χ0) is 21.9. The number of nitrogens with zero attached hydrogens (tertiary/aromatic N) is 6. The fourth-order valence-corrected chi connectivity index (χ4v) is 4.00. The van der Waals surface area contributed by atoms with Crippen LogP contribution in [0.15, 0.2) is 48.7 Å². The Bertz CT molecular complexity index is 1070. The minimum Gasteiger partial charge on any atom is -0.378 e. The topological polar surface area (TPSA) is 57.6 Å². The summed E-state index contributed by atoms with van der Waals surface area (Å²) in [6.45, 7) is 5.76. The number of hydrogen-bond acceptors (Lipinski definition) is 7. The summed E-state index contributed by atoms with van der Waals surface area (Å²) in [7, 11) is 0. The molecule has 32 heavy (non-hydrogen) atoms. The van der Waals surface area contributed by atoms with Gasteiger partial charge in [0.05, 0.1) is 18.9 Å². The number of morpholine rings is 1. The lowest BCUT2D eigenvalue weighted by molar-refractivity contribution is 0.122. The first kappa shape index (κ1) is 20.6. The van der Waals surface area contributed by atoms with Gasteiger partial charge < -0.3 is 19.4 Å². The molecule has 0 amide bonds. The summed E-state index contributed by atoms with van der Waals surface area (Å²) in [6, 6.07) is 11.6. The fraction of sp³-hybridized carbons (Fsp3) is 0.348. The van der Waals surface area contributed by atoms with Crippen molar-refractivity contribution in [1.82, 2.24) is 15.0 Å². The number of piperazine rings is 1. The van der Waals surface area contributed by atoms with Crippen molar-refractivity contribution < 1.29 is 13.5 Å². The predicted octanol–water partition coefficient (Wildman–Crippen LogP) is 2.98. The molecule has 3 aromatic rings. The molecule has 0 unspecified atom stereocenters. The Morgan fingerprint density at radius 2 is 1.47 bits per heavy atom. The highest BCUT2D eigenvalue weighted by Gasteiger charge is 2.23. The van der Waals surface area contributed by atoms with Crippen molar-refractivity contribution >= 4 is 17.6 Å². The van der Waals surface area contributed by atoms with Gasteiger partial charge in [0.2, 0.25) is 5.95 Å². The SMILES string of the molecule is Fc1ccc(-c2cc(N3CCN(c4ccccn4)CC3)nc(N3CCOCC3)n2)cc1F. The Labute approximate surface area is 185 Å². The van der Waals surface area contributed by atoms with Crippen LogP contribution in [0.1, 0.15) is 0 Å². The third-order valence-electron chi connectivity index (χ3n) is 5.79. The van der Waals surface area contributed by atoms with E-state index in [0.29, 0.717) is 43.5 Å². The Morgan fingerprint density at radius 1 is 0.719 bits per heavy atom. The molecular weight excluding hydrogens is 414 g/mol. The molecule has 2 fully saturated rings. The molecule has 0 radical (unpaired) electrons. The molecule has 2 saturated heterocycles. The molecule has 0 N–H and O–H groups in total. The van der Waals surface area contributed by atoms with Gasteiger partial charge in [-0.1, -0.05) is 6.07 Å². The molecule has 7 nitrogen and oxygen atoms in total. The van der Waals surface area contributed by atoms with Crippen LogP contribution < -0.4 is 14.7 Å². The predicted molar refractivity (Wildman–Crippen MR) is 119 cm³/mol. The summed E-state index contributed by atoms with van der Waals surface area (Å²) in [4.78, 5) is 20.5. The highest BCUT2D eigenvalue weighted by atomic mass is 19.2. The van der Waals surface area contributed by atoms with Crippen molar-refractivity contribution in [2.75, 3.05) is 67.2 Å². The standard InChI is InChI=1S/C23H24F2N6O/c24-18-5-4-17(15-19(18)25)20-16-22(28-23(27-20)31-11-13-32-14-12-31)30-9-7-29(8-10-30)21-3-1-2-6-26-21/h1-6,15-16H,7-14H2. The lowest BCUT2D eigenvalue weighted by atomic mass is 10.1. The van der Waals surface area contributed by atoms with Crippen LogP contribution in [0.4, 0.5) is 26.4 Å². The zero-order valence-corrected chi connectivity index (χ0v) is 17.6. The maximum Gasteiger partial charge on any atom is 0.228 e. The largest absolute Gasteiger partial charge is 0.378 e. The van der Waals surface area contributed by atoms with E-state index in [9.17, 15) is 8.78 Å². The van der Waals surface area contributed by atoms with Gasteiger partial charge in [-0.3, -0.25) is 0 Å². The van der Waals surface area contributed by atoms with Crippen LogP contribution in [-0.2, 0) is 4.74 Å². The molecular formula is C23H24F2N6O. The molecule has 1 aromatic carbocycles. The third kappa shape index (κ3) is 4.34. The molecule has 0 bridgehead atoms. The van der Waals surface area contributed by atoms with Gasteiger partial charge in [0.1, 0.15) is 11.6 Å². The second-order valence-electron chi connectivity index (χ2n) is 7.80. The number of aromatic nitrogens is 3. The maximum atomic E-state index is 13.9. The van der Waals surface area contributed by atoms with Gasteiger partial charge in [-0.15, -0.1) is 0 Å². The number of hydrogen-bond donors (Lipinski definition) is 0. The molecule has 2 aliphatic rings. The van der Waals surface area contributed by atoms with Crippen LogP contribution in [-0.4, -0.2) is 67.4 Å². The van der Waals surface area contributed by atoms with E-state index in [-0.39, 0.29) is 0 Å². The van der Waals surface area contributed by atoms with Crippen LogP contribution >= 0.6 is 0 Å². The fourth-order valence-electron chi connectivity index (χ4n) is 4.00. The molecule has 0 spiro atoms. The van der Waals surface area contributed by atoms with Gasteiger partial charge in [0.15, 0.2) is 11.6 Å². The summed E-state index contributed by atoms with van der Waals surface area (Å²) in [5.74, 6) is 0.563. The lowest BCUT2D eigenvalue weighted by Gasteiger charge is -2.36. The first-order valence-corrected chi connectivity index (χ1v) is 10.8. The number of halogens is 2. The summed E-state index contributed by atoms with van der Waals surface area (Å²) < 4.78 is 32.9. The van der Waals surface area contributed by atoms with Gasteiger partial charge in [-0.25, -0.2) is 18.7 Å². The Morgan fingerprint density at radius 3 is 2.16 bits per heavy atom. The van der Waals surface area contributed by atoms with Gasteiger partial charge in [0.25, 0.3) is 0 Å². The molecule has 5 rings (SSSR count). The third-order valence-corrected chi connectivity index (χ3v) is 5.79. The molecule has 0 atom stereocenters. The van der Waals surface area contributed by atoms with E-state index < -0.39 is 11.6 Å². The molecule has 2 aromatic heterocycles. The Balaban J connectivity index is 1.44. The van der Waals surface area contributed by atoms with Crippen molar-refractivity contribution in [3.05, 3.63) is 60.3 Å². The number of anilines is 3. The van der Waals surface area contributed by atoms with Crippen molar-refractivity contribution in [1.29, 1.82) is 0 Å². The Kier molecular flexibility index (Phi) is 5.81. The van der Waals surface area contributed by atoms with Crippen molar-refractivity contribution in [2.45, 2.75) is 0 Å². The van der Waals surface area contributed by atoms with Crippen LogP contribution in [0.5, 0.6) is 0 Å². The van der Waals surface area contributed by atoms with Crippen LogP contribution in [0.3, 0.4) is 0 Å². The van der Waals surface area contributed by atoms with Crippen LogP contribution in [0.25, 0.3) is 11.3 Å². The van der Waals surface area contributed by atoms with Gasteiger partial charge in [-0.05, 0) is 30.3 Å². The molecule has 4 heterocycles. The summed E-state index contributed by atoms with van der Waals surface area (Å²) >= 11 is 0. The van der Waals surface area contributed by atoms with Gasteiger partial charge in [-0.2, -0.15) is 4.98 Å². The van der Waals surface area contributed by atoms with E-state index >= 15 is 0 Å². The highest BCUT2D eigenvalue weighted by molar-refractivity contribution is 5.65. The second kappa shape index (κ2) is 9.04. The average Bonchev–Trinajstić information content (AvgIpc) is 2.86. The minimum absolute atomic E-state index is 0.522. The van der Waals surface area contributed by atoms with Crippen LogP contribution in [0.2, 0.25) is 0 Å². The maximum absolute atomic E-state index is 13.9.